The summed E-state index contributed by atoms with van der Waals surface area (Å²) in [6, 6.07) is 5.30. The van der Waals surface area contributed by atoms with Crippen LogP contribution in [0.3, 0.4) is 0 Å². The monoisotopic (exact) mass is 422 g/mol. The van der Waals surface area contributed by atoms with Crippen molar-refractivity contribution in [2.45, 2.75) is 43.6 Å². The Kier molecular flexibility index (Phi) is 4.79. The number of hydrogen-bond donors (Lipinski definition) is 2. The zero-order valence-electron chi connectivity index (χ0n) is 17.2. The van der Waals surface area contributed by atoms with Gasteiger partial charge in [-0.2, -0.15) is 0 Å². The van der Waals surface area contributed by atoms with Crippen molar-refractivity contribution in [3.05, 3.63) is 54.5 Å². The summed E-state index contributed by atoms with van der Waals surface area (Å²) in [5, 5.41) is 22.1. The minimum Gasteiger partial charge on any atom is -0.507 e. The predicted molar refractivity (Wildman–Crippen MR) is 112 cm³/mol. The third-order valence-electron chi connectivity index (χ3n) is 6.19. The molecule has 2 aliphatic rings. The van der Waals surface area contributed by atoms with Gasteiger partial charge in [-0.15, -0.1) is 10.2 Å². The first-order valence-corrected chi connectivity index (χ1v) is 10.1. The summed E-state index contributed by atoms with van der Waals surface area (Å²) in [6.07, 6.45) is 8.32. The van der Waals surface area contributed by atoms with Gasteiger partial charge in [-0.1, -0.05) is 0 Å². The smallest absolute Gasteiger partial charge is 0.174 e. The van der Waals surface area contributed by atoms with Crippen LogP contribution < -0.4 is 5.32 Å². The molecule has 4 atom stereocenters. The Morgan fingerprint density at radius 2 is 2.23 bits per heavy atom. The summed E-state index contributed by atoms with van der Waals surface area (Å²) < 4.78 is 22.5. The summed E-state index contributed by atoms with van der Waals surface area (Å²) in [5.74, 6) is 0.403. The van der Waals surface area contributed by atoms with Crippen LogP contribution >= 0.6 is 0 Å². The Hall–Kier alpha value is -3.17. The van der Waals surface area contributed by atoms with Gasteiger partial charge in [0.2, 0.25) is 0 Å². The Morgan fingerprint density at radius 3 is 2.90 bits per heavy atom. The highest BCUT2D eigenvalue weighted by molar-refractivity contribution is 5.68. The standard InChI is InChI=1S/C22H23FN6O2/c1-22-10-19(31-2)16(26-22)7-13(21(22)23)8-20-25-11-17(27-28-20)15-4-3-14(9-18(15)30)29-6-5-24-12-29/h3-6,8-9,11-12,16,19,21,26,30H,7,10H2,1-2H3/b13-8+/t16-,19+,21-,22-/m0/s1. The van der Waals surface area contributed by atoms with E-state index in [4.69, 9.17) is 4.74 Å². The summed E-state index contributed by atoms with van der Waals surface area (Å²) in [7, 11) is 1.66. The summed E-state index contributed by atoms with van der Waals surface area (Å²) in [5.41, 5.74) is 1.73. The van der Waals surface area contributed by atoms with Crippen LogP contribution in [0.15, 0.2) is 48.7 Å². The number of phenols is 1. The van der Waals surface area contributed by atoms with Gasteiger partial charge in [0.25, 0.3) is 0 Å². The lowest BCUT2D eigenvalue weighted by molar-refractivity contribution is 0.0915. The molecular formula is C22H23FN6O2. The molecule has 9 heteroatoms. The molecule has 2 bridgehead atoms. The molecule has 2 aromatic heterocycles. The quantitative estimate of drug-likeness (QED) is 0.667. The van der Waals surface area contributed by atoms with E-state index in [-0.39, 0.29) is 17.9 Å². The van der Waals surface area contributed by atoms with Crippen molar-refractivity contribution in [3.8, 4) is 22.7 Å². The van der Waals surface area contributed by atoms with E-state index < -0.39 is 11.7 Å². The highest BCUT2D eigenvalue weighted by Gasteiger charge is 2.52. The third-order valence-corrected chi connectivity index (χ3v) is 6.19. The molecule has 0 unspecified atom stereocenters. The van der Waals surface area contributed by atoms with Crippen molar-refractivity contribution < 1.29 is 14.2 Å². The van der Waals surface area contributed by atoms with Gasteiger partial charge in [-0.3, -0.25) is 0 Å². The van der Waals surface area contributed by atoms with Crippen molar-refractivity contribution >= 4 is 6.08 Å². The number of nitrogens with one attached hydrogen (secondary N) is 1. The van der Waals surface area contributed by atoms with Crippen molar-refractivity contribution in [2.75, 3.05) is 7.11 Å². The molecule has 2 fully saturated rings. The molecule has 0 amide bonds. The van der Waals surface area contributed by atoms with Crippen LogP contribution in [0.2, 0.25) is 0 Å². The Labute approximate surface area is 178 Å². The van der Waals surface area contributed by atoms with Crippen molar-refractivity contribution in [3.63, 3.8) is 0 Å². The van der Waals surface area contributed by atoms with E-state index in [1.165, 1.54) is 6.20 Å². The highest BCUT2D eigenvalue weighted by Crippen LogP contribution is 2.42. The number of methoxy groups -OCH3 is 1. The number of benzene rings is 1. The zero-order chi connectivity index (χ0) is 21.6. The number of imidazole rings is 1. The minimum atomic E-state index is -1.15. The first-order chi connectivity index (χ1) is 15.0. The maximum atomic E-state index is 15.2. The zero-order valence-corrected chi connectivity index (χ0v) is 17.2. The molecule has 2 aliphatic heterocycles. The molecule has 4 heterocycles. The van der Waals surface area contributed by atoms with E-state index >= 15 is 4.39 Å². The fourth-order valence-corrected chi connectivity index (χ4v) is 4.59. The van der Waals surface area contributed by atoms with E-state index in [0.29, 0.717) is 35.5 Å². The lowest BCUT2D eigenvalue weighted by atomic mass is 9.86. The number of hydrogen-bond acceptors (Lipinski definition) is 7. The van der Waals surface area contributed by atoms with E-state index in [1.807, 2.05) is 13.0 Å². The second-order valence-corrected chi connectivity index (χ2v) is 8.31. The maximum absolute atomic E-state index is 15.2. The van der Waals surface area contributed by atoms with Gasteiger partial charge in [-0.25, -0.2) is 14.4 Å². The molecule has 2 N–H and O–H groups in total. The van der Waals surface area contributed by atoms with Gasteiger partial charge in [0.05, 0.1) is 29.9 Å². The van der Waals surface area contributed by atoms with Gasteiger partial charge in [0.1, 0.15) is 17.6 Å². The largest absolute Gasteiger partial charge is 0.507 e. The average molecular weight is 422 g/mol. The molecule has 160 valence electrons. The summed E-state index contributed by atoms with van der Waals surface area (Å²) >= 11 is 0. The van der Waals surface area contributed by atoms with E-state index in [2.05, 4.69) is 25.5 Å². The van der Waals surface area contributed by atoms with Gasteiger partial charge < -0.3 is 19.7 Å². The summed E-state index contributed by atoms with van der Waals surface area (Å²) in [6.45, 7) is 1.88. The van der Waals surface area contributed by atoms with Crippen LogP contribution in [0, 0.1) is 0 Å². The lowest BCUT2D eigenvalue weighted by Gasteiger charge is -2.36. The number of piperidine rings is 1. The number of halogens is 1. The molecule has 1 aromatic carbocycles. The van der Waals surface area contributed by atoms with E-state index in [1.54, 1.807) is 48.6 Å². The minimum absolute atomic E-state index is 0.0103. The number of rotatable bonds is 4. The number of phenolic OH excluding ortho intramolecular Hbond substituents is 1. The molecule has 3 aromatic rings. The molecule has 2 saturated heterocycles. The van der Waals surface area contributed by atoms with Gasteiger partial charge >= 0.3 is 0 Å². The number of fused-ring (bicyclic) bond motifs is 2. The number of nitrogens with zero attached hydrogens (tertiary/aromatic N) is 5. The Morgan fingerprint density at radius 1 is 1.35 bits per heavy atom. The number of aromatic nitrogens is 5. The topological polar surface area (TPSA) is 98.0 Å². The fraction of sp³-hybridized carbons (Fsp3) is 0.364. The second kappa shape index (κ2) is 7.51. The average Bonchev–Trinajstić information content (AvgIpc) is 3.40. The number of ether oxygens (including phenoxy) is 1. The van der Waals surface area contributed by atoms with Crippen molar-refractivity contribution in [2.24, 2.45) is 0 Å². The molecule has 31 heavy (non-hydrogen) atoms. The van der Waals surface area contributed by atoms with Crippen LogP contribution in [0.4, 0.5) is 4.39 Å². The first-order valence-electron chi connectivity index (χ1n) is 10.1. The van der Waals surface area contributed by atoms with E-state index in [9.17, 15) is 5.11 Å². The van der Waals surface area contributed by atoms with Crippen molar-refractivity contribution in [1.82, 2.24) is 30.0 Å². The van der Waals surface area contributed by atoms with Crippen LogP contribution in [0.5, 0.6) is 5.75 Å². The first kappa shape index (κ1) is 19.8. The number of aromatic hydroxyl groups is 1. The highest BCUT2D eigenvalue weighted by atomic mass is 19.1. The van der Waals surface area contributed by atoms with Gasteiger partial charge in [0.15, 0.2) is 5.82 Å². The normalized spacial score (nSPS) is 28.9. The second-order valence-electron chi connectivity index (χ2n) is 8.31. The maximum Gasteiger partial charge on any atom is 0.174 e. The van der Waals surface area contributed by atoms with E-state index in [0.717, 1.165) is 5.69 Å². The third kappa shape index (κ3) is 3.49. The van der Waals surface area contributed by atoms with Gasteiger partial charge in [-0.05, 0) is 43.5 Å². The Bertz CT molecular complexity index is 1120. The molecule has 0 spiro atoms. The van der Waals surface area contributed by atoms with Crippen LogP contribution in [0.25, 0.3) is 23.0 Å². The molecular weight excluding hydrogens is 399 g/mol. The lowest BCUT2D eigenvalue weighted by Crippen LogP contribution is -2.53. The van der Waals surface area contributed by atoms with Crippen molar-refractivity contribution in [1.29, 1.82) is 0 Å². The Balaban J connectivity index is 1.38. The van der Waals surface area contributed by atoms with Crippen LogP contribution in [0.1, 0.15) is 25.6 Å². The van der Waals surface area contributed by atoms with Crippen LogP contribution in [-0.4, -0.2) is 60.8 Å². The fourth-order valence-electron chi connectivity index (χ4n) is 4.59. The van der Waals surface area contributed by atoms with Gasteiger partial charge in [0, 0.05) is 37.2 Å². The SMILES string of the molecule is CO[C@@H]1C[C@]2(C)N[C@H]1C/C(=C\c1ncc(-c3ccc(-n4ccnc4)cc3O)nn1)[C@@H]2F. The summed E-state index contributed by atoms with van der Waals surface area (Å²) in [4.78, 5) is 8.34. The molecule has 8 nitrogen and oxygen atoms in total. The number of alkyl halides is 1. The molecule has 5 rings (SSSR count). The molecule has 0 aliphatic carbocycles. The predicted octanol–water partition coefficient (Wildman–Crippen LogP) is 2.69. The molecule has 0 saturated carbocycles. The molecule has 0 radical (unpaired) electrons. The van der Waals surface area contributed by atoms with Crippen LogP contribution in [-0.2, 0) is 4.74 Å².